The quantitative estimate of drug-likeness (QED) is 0.392. The lowest BCUT2D eigenvalue weighted by atomic mass is 9.94. The van der Waals surface area contributed by atoms with E-state index in [4.69, 9.17) is 5.73 Å². The third kappa shape index (κ3) is 1.68. The van der Waals surface area contributed by atoms with Gasteiger partial charge in [0.1, 0.15) is 0 Å². The maximum atomic E-state index is 5.98. The van der Waals surface area contributed by atoms with Crippen LogP contribution in [0.25, 0.3) is 44.2 Å². The SMILES string of the molecule is Nc1cccc(-c2ccc3c4c(cccc24)-c2ccccc2-3)c1. The first-order valence-corrected chi connectivity index (χ1v) is 7.84. The highest BCUT2D eigenvalue weighted by Crippen LogP contribution is 2.49. The largest absolute Gasteiger partial charge is 0.399 e. The summed E-state index contributed by atoms with van der Waals surface area (Å²) in [5.41, 5.74) is 14.5. The van der Waals surface area contributed by atoms with Crippen LogP contribution in [0.3, 0.4) is 0 Å². The summed E-state index contributed by atoms with van der Waals surface area (Å²) in [5.74, 6) is 0. The molecule has 0 heterocycles. The van der Waals surface area contributed by atoms with Crippen molar-refractivity contribution >= 4 is 16.5 Å². The van der Waals surface area contributed by atoms with Crippen molar-refractivity contribution in [3.05, 3.63) is 78.9 Å². The molecule has 0 fully saturated rings. The number of anilines is 1. The summed E-state index contributed by atoms with van der Waals surface area (Å²) < 4.78 is 0. The fourth-order valence-corrected chi connectivity index (χ4v) is 3.77. The maximum Gasteiger partial charge on any atom is 0.0320 e. The Morgan fingerprint density at radius 2 is 1.17 bits per heavy atom. The molecule has 0 saturated carbocycles. The second-order valence-electron chi connectivity index (χ2n) is 6.06. The summed E-state index contributed by atoms with van der Waals surface area (Å²) in [6.07, 6.45) is 0. The number of fused-ring (bicyclic) bond motifs is 3. The number of hydrogen-bond acceptors (Lipinski definition) is 1. The Bertz CT molecular complexity index is 1050. The van der Waals surface area contributed by atoms with Crippen molar-refractivity contribution in [3.63, 3.8) is 0 Å². The first-order chi connectivity index (χ1) is 11.3. The summed E-state index contributed by atoms with van der Waals surface area (Å²) in [7, 11) is 0. The summed E-state index contributed by atoms with van der Waals surface area (Å²) in [5, 5.41) is 2.65. The lowest BCUT2D eigenvalue weighted by Gasteiger charge is -2.10. The molecule has 4 aromatic rings. The summed E-state index contributed by atoms with van der Waals surface area (Å²) >= 11 is 0. The molecule has 0 spiro atoms. The number of nitrogens with two attached hydrogens (primary N) is 1. The predicted octanol–water partition coefficient (Wildman–Crippen LogP) is 5.74. The van der Waals surface area contributed by atoms with Crippen LogP contribution < -0.4 is 5.73 Å². The molecular formula is C22H15N. The highest BCUT2D eigenvalue weighted by molar-refractivity contribution is 6.18. The van der Waals surface area contributed by atoms with Crippen LogP contribution in [0, 0.1) is 0 Å². The molecule has 1 heteroatoms. The topological polar surface area (TPSA) is 26.0 Å². The van der Waals surface area contributed by atoms with Crippen molar-refractivity contribution in [1.29, 1.82) is 0 Å². The summed E-state index contributed by atoms with van der Waals surface area (Å²) in [6, 6.07) is 27.8. The molecule has 0 atom stereocenters. The first kappa shape index (κ1) is 12.5. The van der Waals surface area contributed by atoms with E-state index in [0.717, 1.165) is 5.69 Å². The number of nitrogen functional groups attached to an aromatic ring is 1. The van der Waals surface area contributed by atoms with Gasteiger partial charge in [0, 0.05) is 5.69 Å². The third-order valence-corrected chi connectivity index (χ3v) is 4.75. The van der Waals surface area contributed by atoms with Gasteiger partial charge in [-0.1, -0.05) is 66.7 Å². The van der Waals surface area contributed by atoms with Gasteiger partial charge in [-0.2, -0.15) is 0 Å². The smallest absolute Gasteiger partial charge is 0.0320 e. The van der Waals surface area contributed by atoms with E-state index in [-0.39, 0.29) is 0 Å². The van der Waals surface area contributed by atoms with E-state index < -0.39 is 0 Å². The second kappa shape index (κ2) is 4.47. The van der Waals surface area contributed by atoms with E-state index >= 15 is 0 Å². The molecule has 108 valence electrons. The molecule has 1 aliphatic carbocycles. The van der Waals surface area contributed by atoms with Crippen LogP contribution in [0.2, 0.25) is 0 Å². The monoisotopic (exact) mass is 293 g/mol. The van der Waals surface area contributed by atoms with Crippen LogP contribution >= 0.6 is 0 Å². The molecule has 0 unspecified atom stereocenters. The van der Waals surface area contributed by atoms with E-state index in [1.54, 1.807) is 0 Å². The summed E-state index contributed by atoms with van der Waals surface area (Å²) in [6.45, 7) is 0. The molecule has 1 aliphatic rings. The van der Waals surface area contributed by atoms with Crippen LogP contribution in [0.1, 0.15) is 0 Å². The molecule has 0 radical (unpaired) electrons. The van der Waals surface area contributed by atoms with E-state index in [0.29, 0.717) is 0 Å². The minimum Gasteiger partial charge on any atom is -0.399 e. The van der Waals surface area contributed by atoms with Gasteiger partial charge in [-0.25, -0.2) is 0 Å². The fraction of sp³-hybridized carbons (Fsp3) is 0. The van der Waals surface area contributed by atoms with Gasteiger partial charge in [0.2, 0.25) is 0 Å². The number of rotatable bonds is 1. The predicted molar refractivity (Wildman–Crippen MR) is 98.2 cm³/mol. The van der Waals surface area contributed by atoms with Crippen molar-refractivity contribution in [2.45, 2.75) is 0 Å². The Kier molecular flexibility index (Phi) is 2.42. The van der Waals surface area contributed by atoms with Crippen LogP contribution in [0.5, 0.6) is 0 Å². The van der Waals surface area contributed by atoms with Gasteiger partial charge in [0.15, 0.2) is 0 Å². The minimum atomic E-state index is 0.800. The van der Waals surface area contributed by atoms with Gasteiger partial charge in [0.05, 0.1) is 0 Å². The summed E-state index contributed by atoms with van der Waals surface area (Å²) in [4.78, 5) is 0. The Hall–Kier alpha value is -3.06. The van der Waals surface area contributed by atoms with Crippen molar-refractivity contribution in [2.24, 2.45) is 0 Å². The zero-order valence-corrected chi connectivity index (χ0v) is 12.6. The minimum absolute atomic E-state index is 0.800. The van der Waals surface area contributed by atoms with Gasteiger partial charge >= 0.3 is 0 Å². The second-order valence-corrected chi connectivity index (χ2v) is 6.06. The average Bonchev–Trinajstić information content (AvgIpc) is 2.92. The molecule has 23 heavy (non-hydrogen) atoms. The molecule has 0 aliphatic heterocycles. The zero-order chi connectivity index (χ0) is 15.4. The van der Waals surface area contributed by atoms with E-state index in [2.05, 4.69) is 60.7 Å². The van der Waals surface area contributed by atoms with Crippen LogP contribution in [-0.4, -0.2) is 0 Å². The molecule has 4 aromatic carbocycles. The maximum absolute atomic E-state index is 5.98. The van der Waals surface area contributed by atoms with Crippen molar-refractivity contribution in [1.82, 2.24) is 0 Å². The zero-order valence-electron chi connectivity index (χ0n) is 12.6. The highest BCUT2D eigenvalue weighted by Gasteiger charge is 2.21. The number of benzene rings is 4. The van der Waals surface area contributed by atoms with Crippen molar-refractivity contribution < 1.29 is 0 Å². The van der Waals surface area contributed by atoms with Crippen molar-refractivity contribution in [2.75, 3.05) is 5.73 Å². The van der Waals surface area contributed by atoms with Crippen LogP contribution in [0.4, 0.5) is 5.69 Å². The lowest BCUT2D eigenvalue weighted by molar-refractivity contribution is 1.64. The van der Waals surface area contributed by atoms with Gasteiger partial charge < -0.3 is 5.73 Å². The molecule has 0 aromatic heterocycles. The molecule has 0 amide bonds. The Morgan fingerprint density at radius 1 is 0.522 bits per heavy atom. The molecule has 1 nitrogen and oxygen atoms in total. The fourth-order valence-electron chi connectivity index (χ4n) is 3.77. The Labute approximate surface area is 135 Å². The standard InChI is InChI=1S/C22H15N/c23-15-6-3-5-14(13-15)16-11-12-21-18-8-2-1-7-17(18)20-10-4-9-19(16)22(20)21/h1-13H,23H2. The molecule has 2 N–H and O–H groups in total. The first-order valence-electron chi connectivity index (χ1n) is 7.84. The average molecular weight is 293 g/mol. The van der Waals surface area contributed by atoms with E-state index in [1.807, 2.05) is 18.2 Å². The lowest BCUT2D eigenvalue weighted by Crippen LogP contribution is -1.87. The molecule has 0 saturated heterocycles. The van der Waals surface area contributed by atoms with E-state index in [9.17, 15) is 0 Å². The third-order valence-electron chi connectivity index (χ3n) is 4.75. The van der Waals surface area contributed by atoms with Gasteiger partial charge in [-0.3, -0.25) is 0 Å². The van der Waals surface area contributed by atoms with Crippen LogP contribution in [-0.2, 0) is 0 Å². The van der Waals surface area contributed by atoms with Gasteiger partial charge in [-0.15, -0.1) is 0 Å². The van der Waals surface area contributed by atoms with Gasteiger partial charge in [0.25, 0.3) is 0 Å². The molecule has 0 bridgehead atoms. The van der Waals surface area contributed by atoms with Gasteiger partial charge in [-0.05, 0) is 56.3 Å². The highest BCUT2D eigenvalue weighted by atomic mass is 14.5. The van der Waals surface area contributed by atoms with Crippen molar-refractivity contribution in [3.8, 4) is 33.4 Å². The Morgan fingerprint density at radius 3 is 1.96 bits per heavy atom. The molecule has 5 rings (SSSR count). The Balaban J connectivity index is 1.89. The van der Waals surface area contributed by atoms with Crippen LogP contribution in [0.15, 0.2) is 78.9 Å². The normalized spacial score (nSPS) is 11.7. The number of hydrogen-bond donors (Lipinski definition) is 1. The molecular weight excluding hydrogens is 278 g/mol. The van der Waals surface area contributed by atoms with E-state index in [1.165, 1.54) is 44.2 Å².